The van der Waals surface area contributed by atoms with Crippen molar-refractivity contribution in [3.05, 3.63) is 95.4 Å². The van der Waals surface area contributed by atoms with Gasteiger partial charge in [0.05, 0.1) is 5.69 Å². The molecule has 144 valence electrons. The molecule has 2 N–H and O–H groups in total. The van der Waals surface area contributed by atoms with Crippen molar-refractivity contribution in [3.8, 4) is 11.3 Å². The summed E-state index contributed by atoms with van der Waals surface area (Å²) in [6.07, 6.45) is 0.963. The molecule has 0 fully saturated rings. The molecule has 3 aromatic carbocycles. The van der Waals surface area contributed by atoms with E-state index in [2.05, 4.69) is 29.7 Å². The zero-order chi connectivity index (χ0) is 20.1. The number of nitrogens with one attached hydrogen (secondary N) is 2. The van der Waals surface area contributed by atoms with Crippen molar-refractivity contribution in [2.45, 2.75) is 13.3 Å². The monoisotopic (exact) mass is 399 g/mol. The van der Waals surface area contributed by atoms with Crippen LogP contribution in [-0.4, -0.2) is 10.9 Å². The highest BCUT2D eigenvalue weighted by Gasteiger charge is 2.09. The number of benzene rings is 3. The summed E-state index contributed by atoms with van der Waals surface area (Å²) in [6, 6.07) is 25.2. The van der Waals surface area contributed by atoms with Crippen LogP contribution in [0.5, 0.6) is 0 Å². The van der Waals surface area contributed by atoms with Crippen LogP contribution in [0.25, 0.3) is 11.3 Å². The molecular formula is C24H21N3OS. The highest BCUT2D eigenvalue weighted by molar-refractivity contribution is 7.14. The summed E-state index contributed by atoms with van der Waals surface area (Å²) in [5, 5.41) is 9.24. The smallest absolute Gasteiger partial charge is 0.255 e. The first-order chi connectivity index (χ1) is 14.2. The minimum absolute atomic E-state index is 0.125. The number of hydrogen-bond donors (Lipinski definition) is 2. The quantitative estimate of drug-likeness (QED) is 0.396. The first kappa shape index (κ1) is 18.9. The number of thiazole rings is 1. The summed E-state index contributed by atoms with van der Waals surface area (Å²) in [4.78, 5) is 17.1. The van der Waals surface area contributed by atoms with Gasteiger partial charge in [0.15, 0.2) is 5.13 Å². The number of hydrogen-bond acceptors (Lipinski definition) is 4. The van der Waals surface area contributed by atoms with Crippen LogP contribution in [-0.2, 0) is 6.42 Å². The lowest BCUT2D eigenvalue weighted by Gasteiger charge is -2.08. The second kappa shape index (κ2) is 8.71. The molecular weight excluding hydrogens is 378 g/mol. The zero-order valence-electron chi connectivity index (χ0n) is 16.1. The largest absolute Gasteiger partial charge is 0.331 e. The Kier molecular flexibility index (Phi) is 5.68. The van der Waals surface area contributed by atoms with Crippen LogP contribution in [0.3, 0.4) is 0 Å². The van der Waals surface area contributed by atoms with E-state index in [4.69, 9.17) is 4.98 Å². The maximum absolute atomic E-state index is 12.4. The Morgan fingerprint density at radius 3 is 2.59 bits per heavy atom. The maximum atomic E-state index is 12.4. The predicted molar refractivity (Wildman–Crippen MR) is 121 cm³/mol. The fourth-order valence-corrected chi connectivity index (χ4v) is 3.81. The first-order valence-corrected chi connectivity index (χ1v) is 10.4. The Labute approximate surface area is 174 Å². The summed E-state index contributed by atoms with van der Waals surface area (Å²) in [6.45, 7) is 2.14. The van der Waals surface area contributed by atoms with E-state index in [1.165, 1.54) is 5.56 Å². The molecule has 1 amide bonds. The van der Waals surface area contributed by atoms with Crippen LogP contribution < -0.4 is 10.6 Å². The van der Waals surface area contributed by atoms with Crippen LogP contribution in [0.1, 0.15) is 22.8 Å². The maximum Gasteiger partial charge on any atom is 0.255 e. The van der Waals surface area contributed by atoms with Gasteiger partial charge in [0.25, 0.3) is 5.91 Å². The molecule has 0 spiro atoms. The minimum atomic E-state index is -0.125. The van der Waals surface area contributed by atoms with Gasteiger partial charge in [-0.1, -0.05) is 55.5 Å². The van der Waals surface area contributed by atoms with E-state index in [9.17, 15) is 4.79 Å². The van der Waals surface area contributed by atoms with Gasteiger partial charge in [-0.2, -0.15) is 0 Å². The van der Waals surface area contributed by atoms with Gasteiger partial charge in [-0.25, -0.2) is 4.98 Å². The summed E-state index contributed by atoms with van der Waals surface area (Å²) < 4.78 is 0. The fraction of sp³-hybridized carbons (Fsp3) is 0.0833. The van der Waals surface area contributed by atoms with Gasteiger partial charge in [0.2, 0.25) is 0 Å². The molecule has 4 nitrogen and oxygen atoms in total. The van der Waals surface area contributed by atoms with E-state index in [1.807, 2.05) is 60.0 Å². The van der Waals surface area contributed by atoms with E-state index < -0.39 is 0 Å². The lowest BCUT2D eigenvalue weighted by Crippen LogP contribution is -2.11. The SMILES string of the molecule is CCc1ccccc1Nc1nc(-c2cccc(NC(=O)c3ccccc3)c2)cs1. The van der Waals surface area contributed by atoms with Gasteiger partial charge in [0.1, 0.15) is 0 Å². The Hall–Kier alpha value is -3.44. The second-order valence-corrected chi connectivity index (χ2v) is 7.43. The molecule has 0 saturated carbocycles. The number of rotatable bonds is 6. The van der Waals surface area contributed by atoms with Gasteiger partial charge < -0.3 is 10.6 Å². The second-order valence-electron chi connectivity index (χ2n) is 6.57. The molecule has 1 heterocycles. The molecule has 5 heteroatoms. The van der Waals surface area contributed by atoms with E-state index in [1.54, 1.807) is 23.5 Å². The van der Waals surface area contributed by atoms with E-state index >= 15 is 0 Å². The van der Waals surface area contributed by atoms with Crippen LogP contribution >= 0.6 is 11.3 Å². The number of para-hydroxylation sites is 1. The lowest BCUT2D eigenvalue weighted by molar-refractivity contribution is 0.102. The molecule has 4 aromatic rings. The molecule has 1 aromatic heterocycles. The summed E-state index contributed by atoms with van der Waals surface area (Å²) in [5.41, 5.74) is 5.56. The summed E-state index contributed by atoms with van der Waals surface area (Å²) >= 11 is 1.57. The zero-order valence-corrected chi connectivity index (χ0v) is 16.9. The van der Waals surface area contributed by atoms with E-state index in [0.717, 1.165) is 34.2 Å². The van der Waals surface area contributed by atoms with Crippen molar-refractivity contribution >= 4 is 33.8 Å². The van der Waals surface area contributed by atoms with Crippen molar-refractivity contribution < 1.29 is 4.79 Å². The number of anilines is 3. The van der Waals surface area contributed by atoms with Crippen molar-refractivity contribution in [1.29, 1.82) is 0 Å². The molecule has 29 heavy (non-hydrogen) atoms. The predicted octanol–water partition coefficient (Wildman–Crippen LogP) is 6.37. The van der Waals surface area contributed by atoms with Crippen molar-refractivity contribution in [3.63, 3.8) is 0 Å². The van der Waals surface area contributed by atoms with Crippen LogP contribution in [0, 0.1) is 0 Å². The summed E-state index contributed by atoms with van der Waals surface area (Å²) in [7, 11) is 0. The van der Waals surface area contributed by atoms with Gasteiger partial charge in [-0.05, 0) is 42.3 Å². The Morgan fingerprint density at radius 2 is 1.76 bits per heavy atom. The normalized spacial score (nSPS) is 10.5. The highest BCUT2D eigenvalue weighted by Crippen LogP contribution is 2.29. The molecule has 0 unspecified atom stereocenters. The number of amides is 1. The topological polar surface area (TPSA) is 54.0 Å². The number of aromatic nitrogens is 1. The Morgan fingerprint density at radius 1 is 0.966 bits per heavy atom. The molecule has 4 rings (SSSR count). The molecule has 0 aliphatic rings. The molecule has 0 aliphatic carbocycles. The van der Waals surface area contributed by atoms with Gasteiger partial charge in [0, 0.05) is 27.9 Å². The average molecular weight is 400 g/mol. The Bertz CT molecular complexity index is 1120. The van der Waals surface area contributed by atoms with Crippen LogP contribution in [0.2, 0.25) is 0 Å². The number of aryl methyl sites for hydroxylation is 1. The standard InChI is InChI=1S/C24H21N3OS/c1-2-17-9-6-7-14-21(17)26-24-27-22(16-29-24)19-12-8-13-20(15-19)25-23(28)18-10-4-3-5-11-18/h3-16H,2H2,1H3,(H,25,28)(H,26,27). The van der Waals surface area contributed by atoms with Gasteiger partial charge in [-0.15, -0.1) is 11.3 Å². The number of carbonyl (C=O) groups is 1. The summed E-state index contributed by atoms with van der Waals surface area (Å²) in [5.74, 6) is -0.125. The van der Waals surface area contributed by atoms with Gasteiger partial charge >= 0.3 is 0 Å². The average Bonchev–Trinajstić information content (AvgIpc) is 3.23. The lowest BCUT2D eigenvalue weighted by atomic mass is 10.1. The highest BCUT2D eigenvalue weighted by atomic mass is 32.1. The third-order valence-corrected chi connectivity index (χ3v) is 5.35. The van der Waals surface area contributed by atoms with E-state index in [0.29, 0.717) is 5.56 Å². The van der Waals surface area contributed by atoms with Crippen molar-refractivity contribution in [1.82, 2.24) is 4.98 Å². The van der Waals surface area contributed by atoms with Crippen molar-refractivity contribution in [2.75, 3.05) is 10.6 Å². The number of nitrogens with zero attached hydrogens (tertiary/aromatic N) is 1. The van der Waals surface area contributed by atoms with Crippen LogP contribution in [0.15, 0.2) is 84.2 Å². The third-order valence-electron chi connectivity index (χ3n) is 4.60. The van der Waals surface area contributed by atoms with Gasteiger partial charge in [-0.3, -0.25) is 4.79 Å². The molecule has 0 saturated heterocycles. The minimum Gasteiger partial charge on any atom is -0.331 e. The Balaban J connectivity index is 1.51. The van der Waals surface area contributed by atoms with E-state index in [-0.39, 0.29) is 5.91 Å². The van der Waals surface area contributed by atoms with Crippen molar-refractivity contribution in [2.24, 2.45) is 0 Å². The first-order valence-electron chi connectivity index (χ1n) is 9.50. The van der Waals surface area contributed by atoms with Crippen LogP contribution in [0.4, 0.5) is 16.5 Å². The molecule has 0 aliphatic heterocycles. The molecule has 0 atom stereocenters. The molecule has 0 radical (unpaired) electrons. The third kappa shape index (κ3) is 4.52. The number of carbonyl (C=O) groups excluding carboxylic acids is 1. The molecule has 0 bridgehead atoms. The fourth-order valence-electron chi connectivity index (χ4n) is 3.08.